The molecule has 1 aromatic heterocycles. The van der Waals surface area contributed by atoms with Gasteiger partial charge in [0.2, 0.25) is 5.70 Å². The van der Waals surface area contributed by atoms with Gasteiger partial charge < -0.3 is 4.57 Å². The van der Waals surface area contributed by atoms with E-state index in [9.17, 15) is 10.1 Å². The summed E-state index contributed by atoms with van der Waals surface area (Å²) in [6.45, 7) is 4.24. The monoisotopic (exact) mass is 206 g/mol. The molecule has 0 aromatic carbocycles. The third-order valence-electron chi connectivity index (χ3n) is 2.79. The third kappa shape index (κ3) is 1.67. The molecule has 4 heteroatoms. The lowest BCUT2D eigenvalue weighted by atomic mass is 10.0. The van der Waals surface area contributed by atoms with E-state index in [0.717, 1.165) is 12.0 Å². The van der Waals surface area contributed by atoms with Crippen molar-refractivity contribution in [3.05, 3.63) is 39.3 Å². The van der Waals surface area contributed by atoms with Gasteiger partial charge in [0.1, 0.15) is 0 Å². The van der Waals surface area contributed by atoms with Crippen molar-refractivity contribution in [3.63, 3.8) is 0 Å². The second-order valence-corrected chi connectivity index (χ2v) is 4.11. The Morgan fingerprint density at radius 3 is 2.80 bits per heavy atom. The van der Waals surface area contributed by atoms with Crippen LogP contribution in [0.25, 0.3) is 6.08 Å². The van der Waals surface area contributed by atoms with E-state index in [1.165, 1.54) is 5.69 Å². The van der Waals surface area contributed by atoms with Crippen LogP contribution < -0.4 is 0 Å². The van der Waals surface area contributed by atoms with E-state index in [2.05, 4.69) is 18.4 Å². The fourth-order valence-electron chi connectivity index (χ4n) is 2.03. The zero-order chi connectivity index (χ0) is 11.0. The Labute approximate surface area is 88.4 Å². The molecule has 0 saturated heterocycles. The molecule has 0 aliphatic heterocycles. The lowest BCUT2D eigenvalue weighted by molar-refractivity contribution is -0.426. The number of allylic oxidation sites excluding steroid dienone is 1. The quantitative estimate of drug-likeness (QED) is 0.551. The molecule has 0 fully saturated rings. The van der Waals surface area contributed by atoms with Gasteiger partial charge in [-0.3, -0.25) is 10.1 Å². The number of rotatable bonds is 2. The molecule has 0 unspecified atom stereocenters. The van der Waals surface area contributed by atoms with E-state index in [4.69, 9.17) is 0 Å². The minimum atomic E-state index is -0.282. The predicted molar refractivity (Wildman–Crippen MR) is 58.1 cm³/mol. The number of aromatic nitrogens is 1. The average molecular weight is 206 g/mol. The Hall–Kier alpha value is -1.58. The average Bonchev–Trinajstić information content (AvgIpc) is 2.59. The molecule has 0 spiro atoms. The number of hydrogen-bond donors (Lipinski definition) is 0. The van der Waals surface area contributed by atoms with Gasteiger partial charge in [-0.15, -0.1) is 0 Å². The van der Waals surface area contributed by atoms with E-state index in [0.29, 0.717) is 18.2 Å². The largest absolute Gasteiger partial charge is 0.348 e. The highest BCUT2D eigenvalue weighted by molar-refractivity contribution is 5.56. The van der Waals surface area contributed by atoms with E-state index in [-0.39, 0.29) is 4.92 Å². The van der Waals surface area contributed by atoms with Crippen LogP contribution in [0.4, 0.5) is 0 Å². The summed E-state index contributed by atoms with van der Waals surface area (Å²) in [4.78, 5) is 10.4. The first-order chi connectivity index (χ1) is 7.09. The fourth-order valence-corrected chi connectivity index (χ4v) is 2.03. The highest BCUT2D eigenvalue weighted by Crippen LogP contribution is 2.27. The fraction of sp³-hybridized carbons (Fsp3) is 0.455. The molecule has 1 aliphatic carbocycles. The molecule has 1 aromatic rings. The van der Waals surface area contributed by atoms with Crippen LogP contribution in [0.1, 0.15) is 37.6 Å². The molecule has 1 heterocycles. The first-order valence-corrected chi connectivity index (χ1v) is 5.14. The summed E-state index contributed by atoms with van der Waals surface area (Å²) in [6, 6.07) is 2.37. The molecule has 0 amide bonds. The van der Waals surface area contributed by atoms with Crippen LogP contribution >= 0.6 is 0 Å². The second kappa shape index (κ2) is 3.53. The van der Waals surface area contributed by atoms with Gasteiger partial charge in [-0.05, 0) is 26.3 Å². The highest BCUT2D eigenvalue weighted by atomic mass is 16.6. The molecule has 0 N–H and O–H groups in total. The lowest BCUT2D eigenvalue weighted by Gasteiger charge is -2.15. The minimum absolute atomic E-state index is 0.282. The Morgan fingerprint density at radius 1 is 1.47 bits per heavy atom. The molecule has 15 heavy (non-hydrogen) atoms. The Morgan fingerprint density at radius 2 is 2.20 bits per heavy atom. The summed E-state index contributed by atoms with van der Waals surface area (Å²) in [7, 11) is 0. The van der Waals surface area contributed by atoms with Crippen LogP contribution in [-0.2, 0) is 6.42 Å². The zero-order valence-corrected chi connectivity index (χ0v) is 8.93. The summed E-state index contributed by atoms with van der Waals surface area (Å²) in [5.74, 6) is 0. The van der Waals surface area contributed by atoms with Crippen molar-refractivity contribution >= 4 is 6.08 Å². The second-order valence-electron chi connectivity index (χ2n) is 4.11. The van der Waals surface area contributed by atoms with Crippen LogP contribution in [0.3, 0.4) is 0 Å². The molecular weight excluding hydrogens is 192 g/mol. The SMILES string of the molecule is CC(C)n1ccc2c1CCC([N+](=O)[O-])=C2. The lowest BCUT2D eigenvalue weighted by Crippen LogP contribution is -2.11. The number of nitrogens with zero attached hydrogens (tertiary/aromatic N) is 2. The molecular formula is C11H14N2O2. The van der Waals surface area contributed by atoms with Crippen LogP contribution in [0, 0.1) is 10.1 Å². The minimum Gasteiger partial charge on any atom is -0.348 e. The van der Waals surface area contributed by atoms with Crippen LogP contribution in [-0.4, -0.2) is 9.49 Å². The molecule has 80 valence electrons. The molecule has 0 bridgehead atoms. The smallest absolute Gasteiger partial charge is 0.247 e. The van der Waals surface area contributed by atoms with Crippen molar-refractivity contribution in [2.24, 2.45) is 0 Å². The molecule has 0 atom stereocenters. The van der Waals surface area contributed by atoms with Gasteiger partial charge in [-0.25, -0.2) is 0 Å². The topological polar surface area (TPSA) is 48.1 Å². The van der Waals surface area contributed by atoms with E-state index in [1.807, 2.05) is 12.3 Å². The predicted octanol–water partition coefficient (Wildman–Crippen LogP) is 2.63. The summed E-state index contributed by atoms with van der Waals surface area (Å²) in [6.07, 6.45) is 5.01. The Kier molecular flexibility index (Phi) is 2.34. The van der Waals surface area contributed by atoms with Gasteiger partial charge in [-0.1, -0.05) is 0 Å². The van der Waals surface area contributed by atoms with Gasteiger partial charge in [0, 0.05) is 36.0 Å². The number of nitro groups is 1. The van der Waals surface area contributed by atoms with Gasteiger partial charge in [0.05, 0.1) is 4.92 Å². The zero-order valence-electron chi connectivity index (χ0n) is 8.93. The van der Waals surface area contributed by atoms with Gasteiger partial charge in [0.15, 0.2) is 0 Å². The molecule has 1 aliphatic rings. The van der Waals surface area contributed by atoms with E-state index >= 15 is 0 Å². The number of fused-ring (bicyclic) bond motifs is 1. The van der Waals surface area contributed by atoms with E-state index < -0.39 is 0 Å². The van der Waals surface area contributed by atoms with Gasteiger partial charge >= 0.3 is 0 Å². The summed E-state index contributed by atoms with van der Waals surface area (Å²) in [5.41, 5.74) is 2.54. The highest BCUT2D eigenvalue weighted by Gasteiger charge is 2.21. The third-order valence-corrected chi connectivity index (χ3v) is 2.79. The first kappa shape index (κ1) is 9.96. The van der Waals surface area contributed by atoms with Crippen LogP contribution in [0.5, 0.6) is 0 Å². The van der Waals surface area contributed by atoms with Crippen molar-refractivity contribution in [2.45, 2.75) is 32.7 Å². The first-order valence-electron chi connectivity index (χ1n) is 5.14. The Bertz CT molecular complexity index is 430. The molecule has 0 saturated carbocycles. The maximum Gasteiger partial charge on any atom is 0.247 e. The molecule has 2 rings (SSSR count). The summed E-state index contributed by atoms with van der Waals surface area (Å²) >= 11 is 0. The maximum absolute atomic E-state index is 10.6. The van der Waals surface area contributed by atoms with Crippen molar-refractivity contribution in [3.8, 4) is 0 Å². The van der Waals surface area contributed by atoms with Gasteiger partial charge in [0.25, 0.3) is 0 Å². The van der Waals surface area contributed by atoms with Crippen molar-refractivity contribution in [1.29, 1.82) is 0 Å². The van der Waals surface area contributed by atoms with Crippen molar-refractivity contribution < 1.29 is 4.92 Å². The molecule has 0 radical (unpaired) electrons. The number of hydrogen-bond acceptors (Lipinski definition) is 2. The van der Waals surface area contributed by atoms with Crippen molar-refractivity contribution in [1.82, 2.24) is 4.57 Å². The van der Waals surface area contributed by atoms with Crippen LogP contribution in [0.2, 0.25) is 0 Å². The van der Waals surface area contributed by atoms with E-state index in [1.54, 1.807) is 6.08 Å². The van der Waals surface area contributed by atoms with Gasteiger partial charge in [-0.2, -0.15) is 0 Å². The summed E-state index contributed by atoms with van der Waals surface area (Å²) < 4.78 is 2.18. The van der Waals surface area contributed by atoms with Crippen molar-refractivity contribution in [2.75, 3.05) is 0 Å². The summed E-state index contributed by atoms with van der Waals surface area (Å²) in [5, 5.41) is 10.6. The maximum atomic E-state index is 10.6. The van der Waals surface area contributed by atoms with Crippen LogP contribution in [0.15, 0.2) is 18.0 Å². The molecule has 4 nitrogen and oxygen atoms in total. The Balaban J connectivity index is 2.41. The normalized spacial score (nSPS) is 15.0. The standard InChI is InChI=1S/C11H14N2O2/c1-8(2)12-6-5-9-7-10(13(14)15)3-4-11(9)12/h5-8H,3-4H2,1-2H3.